The molecule has 1 aliphatic rings. The number of hydroxylamine groups is 1. The summed E-state index contributed by atoms with van der Waals surface area (Å²) >= 11 is 0. The molecule has 0 bridgehead atoms. The van der Waals surface area contributed by atoms with E-state index in [-0.39, 0.29) is 30.3 Å². The zero-order chi connectivity index (χ0) is 17.3. The molecule has 0 saturated heterocycles. The number of nitrogens with zero attached hydrogens (tertiary/aromatic N) is 1. The van der Waals surface area contributed by atoms with Crippen molar-refractivity contribution < 1.29 is 27.3 Å². The molecule has 1 heterocycles. The van der Waals surface area contributed by atoms with Gasteiger partial charge < -0.3 is 4.52 Å². The van der Waals surface area contributed by atoms with Crippen molar-refractivity contribution in [3.63, 3.8) is 0 Å². The Morgan fingerprint density at radius 3 is 2.78 bits per heavy atom. The molecular formula is C14H19FN2O5S. The monoisotopic (exact) mass is 346 g/mol. The highest BCUT2D eigenvalue weighted by Crippen LogP contribution is 2.38. The number of carbonyl (C=O) groups excluding carboxylic acids is 1. The van der Waals surface area contributed by atoms with Crippen LogP contribution in [0.25, 0.3) is 6.08 Å². The van der Waals surface area contributed by atoms with Gasteiger partial charge in [-0.05, 0) is 32.6 Å². The van der Waals surface area contributed by atoms with Crippen LogP contribution in [0.15, 0.2) is 16.4 Å². The molecule has 23 heavy (non-hydrogen) atoms. The minimum absolute atomic E-state index is 0.0367. The third-order valence-corrected chi connectivity index (χ3v) is 6.11. The summed E-state index contributed by atoms with van der Waals surface area (Å²) in [4.78, 5) is 11.7. The molecule has 128 valence electrons. The second-order valence-corrected chi connectivity index (χ2v) is 8.41. The largest absolute Gasteiger partial charge is 0.357 e. The number of amides is 1. The molecule has 0 radical (unpaired) electrons. The summed E-state index contributed by atoms with van der Waals surface area (Å²) in [6.45, 7) is 1.22. The number of hydrogen-bond acceptors (Lipinski definition) is 6. The zero-order valence-corrected chi connectivity index (χ0v) is 13.7. The number of carbonyl (C=O) groups is 1. The molecule has 1 atom stereocenters. The highest BCUT2D eigenvalue weighted by molar-refractivity contribution is 7.92. The predicted octanol–water partition coefficient (Wildman–Crippen LogP) is 1.64. The second kappa shape index (κ2) is 6.40. The van der Waals surface area contributed by atoms with Crippen molar-refractivity contribution in [2.24, 2.45) is 5.92 Å². The summed E-state index contributed by atoms with van der Waals surface area (Å²) in [5.74, 6) is -1.06. The van der Waals surface area contributed by atoms with Gasteiger partial charge in [-0.15, -0.1) is 0 Å². The highest BCUT2D eigenvalue weighted by Gasteiger charge is 2.43. The van der Waals surface area contributed by atoms with Gasteiger partial charge in [-0.2, -0.15) is 0 Å². The van der Waals surface area contributed by atoms with E-state index < -0.39 is 20.5 Å². The van der Waals surface area contributed by atoms with E-state index in [2.05, 4.69) is 5.16 Å². The maximum Gasteiger partial charge on any atom is 0.264 e. The van der Waals surface area contributed by atoms with Crippen LogP contribution >= 0.6 is 0 Å². The lowest BCUT2D eigenvalue weighted by atomic mass is 10.0. The van der Waals surface area contributed by atoms with Crippen molar-refractivity contribution in [1.82, 2.24) is 10.6 Å². The lowest BCUT2D eigenvalue weighted by Crippen LogP contribution is -2.49. The van der Waals surface area contributed by atoms with Gasteiger partial charge in [0.1, 0.15) is 10.6 Å². The summed E-state index contributed by atoms with van der Waals surface area (Å²) in [6.07, 6.45) is 3.87. The van der Waals surface area contributed by atoms with Crippen LogP contribution < -0.4 is 5.48 Å². The average Bonchev–Trinajstić information content (AvgIpc) is 3.24. The lowest BCUT2D eigenvalue weighted by Gasteiger charge is -2.24. The van der Waals surface area contributed by atoms with E-state index in [4.69, 9.17) is 9.73 Å². The van der Waals surface area contributed by atoms with Crippen LogP contribution in [0, 0.1) is 5.92 Å². The van der Waals surface area contributed by atoms with Gasteiger partial charge in [0, 0.05) is 24.3 Å². The van der Waals surface area contributed by atoms with Crippen LogP contribution in [0.3, 0.4) is 0 Å². The van der Waals surface area contributed by atoms with Crippen LogP contribution in [-0.4, -0.2) is 35.7 Å². The first kappa shape index (κ1) is 17.6. The van der Waals surface area contributed by atoms with E-state index >= 15 is 0 Å². The topological polar surface area (TPSA) is 110 Å². The lowest BCUT2D eigenvalue weighted by molar-refractivity contribution is -0.131. The molecule has 0 aliphatic heterocycles. The Balaban J connectivity index is 2.08. The van der Waals surface area contributed by atoms with E-state index in [0.29, 0.717) is 5.69 Å². The molecule has 1 fully saturated rings. The fourth-order valence-corrected chi connectivity index (χ4v) is 2.93. The number of sulfone groups is 1. The van der Waals surface area contributed by atoms with Gasteiger partial charge >= 0.3 is 0 Å². The fraction of sp³-hybridized carbons (Fsp3) is 0.571. The first-order chi connectivity index (χ1) is 10.7. The maximum atomic E-state index is 13.6. The minimum atomic E-state index is -3.76. The van der Waals surface area contributed by atoms with Crippen LogP contribution in [0.1, 0.15) is 37.6 Å². The molecule has 9 heteroatoms. The predicted molar refractivity (Wildman–Crippen MR) is 79.8 cm³/mol. The first-order valence-corrected chi connectivity index (χ1v) is 9.03. The van der Waals surface area contributed by atoms with Gasteiger partial charge in [-0.25, -0.2) is 18.3 Å². The Bertz CT molecular complexity index is 723. The van der Waals surface area contributed by atoms with Crippen molar-refractivity contribution in [3.8, 4) is 0 Å². The zero-order valence-electron chi connectivity index (χ0n) is 12.9. The van der Waals surface area contributed by atoms with E-state index in [9.17, 15) is 17.6 Å². The Kier molecular flexibility index (Phi) is 4.90. The molecule has 2 N–H and O–H groups in total. The summed E-state index contributed by atoms with van der Waals surface area (Å²) in [5, 5.41) is 12.5. The molecule has 7 nitrogen and oxygen atoms in total. The molecule has 1 aromatic heterocycles. The Morgan fingerprint density at radius 1 is 1.61 bits per heavy atom. The normalized spacial score (nSPS) is 18.5. The molecule has 1 aliphatic carbocycles. The van der Waals surface area contributed by atoms with Crippen LogP contribution in [-0.2, 0) is 21.1 Å². The SMILES string of the molecule is C[C@@](CCc1cc(C=C(F)C2CC2)on1)(C(=O)NO)S(C)(=O)=O. The Labute approximate surface area is 133 Å². The van der Waals surface area contributed by atoms with E-state index in [0.717, 1.165) is 19.1 Å². The van der Waals surface area contributed by atoms with Gasteiger partial charge in [0.15, 0.2) is 15.6 Å². The third-order valence-electron chi connectivity index (χ3n) is 4.08. The second-order valence-electron chi connectivity index (χ2n) is 5.97. The van der Waals surface area contributed by atoms with Crippen LogP contribution in [0.2, 0.25) is 0 Å². The van der Waals surface area contributed by atoms with E-state index in [1.807, 2.05) is 0 Å². The smallest absolute Gasteiger partial charge is 0.264 e. The molecule has 0 spiro atoms. The summed E-state index contributed by atoms with van der Waals surface area (Å²) in [5.41, 5.74) is 1.78. The standard InChI is InChI=1S/C14H19FN2O5S/c1-14(13(18)16-19,23(2,20)21)6-5-10-7-11(22-17-10)8-12(15)9-3-4-9/h7-9,19H,3-6H2,1-2H3,(H,16,18)/t14-/m1/s1. The maximum absolute atomic E-state index is 13.6. The van der Waals surface area contributed by atoms with Crippen molar-refractivity contribution in [2.45, 2.75) is 37.4 Å². The Morgan fingerprint density at radius 2 is 2.26 bits per heavy atom. The molecule has 2 rings (SSSR count). The average molecular weight is 346 g/mol. The van der Waals surface area contributed by atoms with E-state index in [1.54, 1.807) is 0 Å². The number of halogens is 1. The van der Waals surface area contributed by atoms with Gasteiger partial charge in [0.05, 0.1) is 5.69 Å². The van der Waals surface area contributed by atoms with Crippen molar-refractivity contribution in [3.05, 3.63) is 23.3 Å². The fourth-order valence-electron chi connectivity index (χ4n) is 2.08. The van der Waals surface area contributed by atoms with Crippen molar-refractivity contribution in [1.29, 1.82) is 0 Å². The molecular weight excluding hydrogens is 327 g/mol. The number of nitrogens with one attached hydrogen (secondary N) is 1. The molecule has 0 aromatic carbocycles. The number of allylic oxidation sites excluding steroid dienone is 1. The van der Waals surface area contributed by atoms with Gasteiger partial charge in [0.2, 0.25) is 0 Å². The number of aryl methyl sites for hydroxylation is 1. The number of aromatic nitrogens is 1. The van der Waals surface area contributed by atoms with Gasteiger partial charge in [0.25, 0.3) is 5.91 Å². The minimum Gasteiger partial charge on any atom is -0.357 e. The van der Waals surface area contributed by atoms with Gasteiger partial charge in [-0.3, -0.25) is 10.0 Å². The van der Waals surface area contributed by atoms with Crippen LogP contribution in [0.5, 0.6) is 0 Å². The number of hydrogen-bond donors (Lipinski definition) is 2. The summed E-state index contributed by atoms with van der Waals surface area (Å²) in [6, 6.07) is 1.50. The molecule has 1 amide bonds. The van der Waals surface area contributed by atoms with Gasteiger partial charge in [-0.1, -0.05) is 5.16 Å². The molecule has 0 unspecified atom stereocenters. The quantitative estimate of drug-likeness (QED) is 0.574. The van der Waals surface area contributed by atoms with Crippen molar-refractivity contribution in [2.75, 3.05) is 6.26 Å². The van der Waals surface area contributed by atoms with E-state index in [1.165, 1.54) is 24.5 Å². The molecule has 1 saturated carbocycles. The van der Waals surface area contributed by atoms with Crippen molar-refractivity contribution >= 4 is 21.8 Å². The Hall–Kier alpha value is -1.74. The van der Waals surface area contributed by atoms with Crippen LogP contribution in [0.4, 0.5) is 4.39 Å². The number of rotatable bonds is 7. The third kappa shape index (κ3) is 3.97. The first-order valence-electron chi connectivity index (χ1n) is 7.14. The summed E-state index contributed by atoms with van der Waals surface area (Å²) < 4.78 is 40.4. The summed E-state index contributed by atoms with van der Waals surface area (Å²) in [7, 11) is -3.76. The highest BCUT2D eigenvalue weighted by atomic mass is 32.2. The molecule has 1 aromatic rings.